The first-order valence-corrected chi connectivity index (χ1v) is 8.41. The monoisotopic (exact) mass is 355 g/mol. The molecule has 0 fully saturated rings. The lowest BCUT2D eigenvalue weighted by Gasteiger charge is -2.03. The molecule has 0 aliphatic heterocycles. The van der Waals surface area contributed by atoms with E-state index < -0.39 is 11.8 Å². The molecule has 3 heterocycles. The third-order valence-corrected chi connectivity index (χ3v) is 3.73. The Hall–Kier alpha value is -3.16. The van der Waals surface area contributed by atoms with Crippen LogP contribution in [-0.4, -0.2) is 32.9 Å². The number of amides is 2. The number of carbonyl (C=O) groups is 2. The van der Waals surface area contributed by atoms with Gasteiger partial charge in [0.05, 0.1) is 12.1 Å². The van der Waals surface area contributed by atoms with Gasteiger partial charge >= 0.3 is 0 Å². The van der Waals surface area contributed by atoms with Crippen molar-refractivity contribution < 1.29 is 14.1 Å². The fraction of sp³-hybridized carbons (Fsp3) is 0.333. The molecule has 0 aliphatic rings. The summed E-state index contributed by atoms with van der Waals surface area (Å²) in [6, 6.07) is 7.19. The molecule has 26 heavy (non-hydrogen) atoms. The molecule has 0 aliphatic carbocycles. The number of carbonyl (C=O) groups excluding carboxylic acids is 2. The van der Waals surface area contributed by atoms with Gasteiger partial charge in [-0.3, -0.25) is 9.59 Å². The average Bonchev–Trinajstić information content (AvgIpc) is 3.16. The van der Waals surface area contributed by atoms with Crippen molar-refractivity contribution in [3.05, 3.63) is 47.7 Å². The van der Waals surface area contributed by atoms with Crippen molar-refractivity contribution in [2.24, 2.45) is 5.92 Å². The van der Waals surface area contributed by atoms with Crippen LogP contribution in [0.15, 0.2) is 35.0 Å². The Morgan fingerprint density at radius 2 is 2.12 bits per heavy atom. The predicted molar refractivity (Wildman–Crippen MR) is 95.9 cm³/mol. The van der Waals surface area contributed by atoms with Crippen LogP contribution in [0.5, 0.6) is 0 Å². The van der Waals surface area contributed by atoms with Crippen molar-refractivity contribution >= 4 is 23.1 Å². The lowest BCUT2D eigenvalue weighted by Crippen LogP contribution is -2.33. The number of aryl methyl sites for hydroxylation is 1. The van der Waals surface area contributed by atoms with E-state index in [2.05, 4.69) is 34.6 Å². The number of nitrogens with one attached hydrogen (secondary N) is 2. The van der Waals surface area contributed by atoms with Gasteiger partial charge in [-0.15, -0.1) is 0 Å². The molecule has 0 atom stereocenters. The normalized spacial score (nSPS) is 11.1. The van der Waals surface area contributed by atoms with E-state index in [0.29, 0.717) is 28.7 Å². The van der Waals surface area contributed by atoms with Gasteiger partial charge in [0.1, 0.15) is 11.6 Å². The number of hydrogen-bond donors (Lipinski definition) is 2. The van der Waals surface area contributed by atoms with E-state index in [-0.39, 0.29) is 6.54 Å². The lowest BCUT2D eigenvalue weighted by molar-refractivity contribution is -0.115. The maximum absolute atomic E-state index is 12.5. The molecule has 0 bridgehead atoms. The van der Waals surface area contributed by atoms with Crippen molar-refractivity contribution in [2.45, 2.75) is 27.2 Å². The standard InChI is InChI=1S/C18H21N5O3/c1-11(2)8-15-21-17(13-6-4-5-7-23(13)15)18(25)19-10-16(24)20-14-9-12(3)26-22-14/h4-7,9,11H,8,10H2,1-3H3,(H,19,25)(H,20,22,24). The smallest absolute Gasteiger partial charge is 0.272 e. The zero-order valence-corrected chi connectivity index (χ0v) is 14.9. The highest BCUT2D eigenvalue weighted by Gasteiger charge is 2.18. The highest BCUT2D eigenvalue weighted by atomic mass is 16.5. The summed E-state index contributed by atoms with van der Waals surface area (Å²) in [5.41, 5.74) is 1.03. The fourth-order valence-electron chi connectivity index (χ4n) is 2.63. The minimum atomic E-state index is -0.393. The number of hydrogen-bond acceptors (Lipinski definition) is 5. The quantitative estimate of drug-likeness (QED) is 0.706. The Balaban J connectivity index is 1.70. The number of imidazole rings is 1. The number of anilines is 1. The Bertz CT molecular complexity index is 941. The molecule has 3 aromatic heterocycles. The third-order valence-electron chi connectivity index (χ3n) is 3.73. The van der Waals surface area contributed by atoms with E-state index in [0.717, 1.165) is 12.2 Å². The van der Waals surface area contributed by atoms with E-state index in [1.807, 2.05) is 28.8 Å². The second kappa shape index (κ2) is 7.38. The molecule has 2 N–H and O–H groups in total. The molecular weight excluding hydrogens is 334 g/mol. The summed E-state index contributed by atoms with van der Waals surface area (Å²) in [5, 5.41) is 8.83. The zero-order valence-electron chi connectivity index (χ0n) is 14.9. The van der Waals surface area contributed by atoms with E-state index in [4.69, 9.17) is 4.52 Å². The molecule has 3 aromatic rings. The van der Waals surface area contributed by atoms with Crippen LogP contribution in [0, 0.1) is 12.8 Å². The van der Waals surface area contributed by atoms with Crippen LogP contribution >= 0.6 is 0 Å². The molecule has 136 valence electrons. The first-order chi connectivity index (χ1) is 12.4. The van der Waals surface area contributed by atoms with Crippen molar-refractivity contribution in [3.63, 3.8) is 0 Å². The summed E-state index contributed by atoms with van der Waals surface area (Å²) in [7, 11) is 0. The molecule has 0 saturated heterocycles. The Labute approximate surface area is 150 Å². The number of fused-ring (bicyclic) bond motifs is 1. The molecule has 3 rings (SSSR count). The molecule has 8 nitrogen and oxygen atoms in total. The number of nitrogens with zero attached hydrogens (tertiary/aromatic N) is 3. The summed E-state index contributed by atoms with van der Waals surface area (Å²) in [4.78, 5) is 28.9. The van der Waals surface area contributed by atoms with Crippen molar-refractivity contribution in [2.75, 3.05) is 11.9 Å². The fourth-order valence-corrected chi connectivity index (χ4v) is 2.63. The lowest BCUT2D eigenvalue weighted by atomic mass is 10.1. The Kier molecular flexibility index (Phi) is 5.01. The maximum Gasteiger partial charge on any atom is 0.272 e. The van der Waals surface area contributed by atoms with Crippen molar-refractivity contribution in [1.29, 1.82) is 0 Å². The molecule has 0 spiro atoms. The van der Waals surface area contributed by atoms with Gasteiger partial charge in [0.25, 0.3) is 5.91 Å². The first-order valence-electron chi connectivity index (χ1n) is 8.41. The third kappa shape index (κ3) is 3.90. The number of pyridine rings is 1. The van der Waals surface area contributed by atoms with Gasteiger partial charge < -0.3 is 19.6 Å². The Morgan fingerprint density at radius 1 is 1.31 bits per heavy atom. The molecule has 8 heteroatoms. The van der Waals surface area contributed by atoms with Gasteiger partial charge in [0.15, 0.2) is 11.5 Å². The number of aromatic nitrogens is 3. The van der Waals surface area contributed by atoms with Crippen LogP contribution in [-0.2, 0) is 11.2 Å². The van der Waals surface area contributed by atoms with Crippen LogP contribution in [0.3, 0.4) is 0 Å². The van der Waals surface area contributed by atoms with Crippen molar-refractivity contribution in [3.8, 4) is 0 Å². The average molecular weight is 355 g/mol. The van der Waals surface area contributed by atoms with Gasteiger partial charge in [-0.05, 0) is 25.0 Å². The first kappa shape index (κ1) is 17.7. The Morgan fingerprint density at radius 3 is 2.81 bits per heavy atom. The minimum Gasteiger partial charge on any atom is -0.360 e. The summed E-state index contributed by atoms with van der Waals surface area (Å²) in [6.07, 6.45) is 2.64. The van der Waals surface area contributed by atoms with E-state index in [9.17, 15) is 9.59 Å². The van der Waals surface area contributed by atoms with Crippen LogP contribution in [0.4, 0.5) is 5.82 Å². The van der Waals surface area contributed by atoms with Gasteiger partial charge in [-0.2, -0.15) is 0 Å². The predicted octanol–water partition coefficient (Wildman–Crippen LogP) is 2.20. The van der Waals surface area contributed by atoms with E-state index in [1.54, 1.807) is 13.0 Å². The van der Waals surface area contributed by atoms with Gasteiger partial charge in [-0.25, -0.2) is 4.98 Å². The van der Waals surface area contributed by atoms with Gasteiger partial charge in [-0.1, -0.05) is 25.1 Å². The van der Waals surface area contributed by atoms with Gasteiger partial charge in [0, 0.05) is 18.7 Å². The summed E-state index contributed by atoms with van der Waals surface area (Å²) in [6.45, 7) is 5.73. The molecule has 0 unspecified atom stereocenters. The SMILES string of the molecule is Cc1cc(NC(=O)CNC(=O)c2nc(CC(C)C)n3ccccc23)no1. The summed E-state index contributed by atoms with van der Waals surface area (Å²) >= 11 is 0. The summed E-state index contributed by atoms with van der Waals surface area (Å²) in [5.74, 6) is 1.35. The molecule has 0 radical (unpaired) electrons. The second-order valence-corrected chi connectivity index (χ2v) is 6.48. The topological polar surface area (TPSA) is 102 Å². The molecule has 2 amide bonds. The summed E-state index contributed by atoms with van der Waals surface area (Å²) < 4.78 is 6.79. The highest BCUT2D eigenvalue weighted by Crippen LogP contribution is 2.16. The van der Waals surface area contributed by atoms with E-state index >= 15 is 0 Å². The maximum atomic E-state index is 12.5. The van der Waals surface area contributed by atoms with Crippen molar-refractivity contribution in [1.82, 2.24) is 19.9 Å². The molecular formula is C18H21N5O3. The van der Waals surface area contributed by atoms with Crippen LogP contribution in [0.1, 0.15) is 35.9 Å². The number of rotatable bonds is 6. The van der Waals surface area contributed by atoms with E-state index in [1.165, 1.54) is 0 Å². The molecule has 0 aromatic carbocycles. The van der Waals surface area contributed by atoms with Crippen LogP contribution in [0.2, 0.25) is 0 Å². The van der Waals surface area contributed by atoms with Crippen LogP contribution in [0.25, 0.3) is 5.52 Å². The highest BCUT2D eigenvalue weighted by molar-refractivity contribution is 6.02. The minimum absolute atomic E-state index is 0.184. The second-order valence-electron chi connectivity index (χ2n) is 6.48. The zero-order chi connectivity index (χ0) is 18.7. The molecule has 0 saturated carbocycles. The van der Waals surface area contributed by atoms with Crippen LogP contribution < -0.4 is 10.6 Å². The largest absolute Gasteiger partial charge is 0.360 e. The van der Waals surface area contributed by atoms with Gasteiger partial charge in [0.2, 0.25) is 5.91 Å².